The SMILES string of the molecule is Cc1nc(Br)nc2c1CS(=O)(=O)C2. The maximum absolute atomic E-state index is 11.3. The summed E-state index contributed by atoms with van der Waals surface area (Å²) < 4.78 is 23.0. The first-order valence-electron chi connectivity index (χ1n) is 3.70. The summed E-state index contributed by atoms with van der Waals surface area (Å²) in [7, 11) is -2.97. The molecule has 0 saturated heterocycles. The first-order chi connectivity index (χ1) is 5.98. The Hall–Kier alpha value is -0.490. The van der Waals surface area contributed by atoms with Crippen LogP contribution in [0.25, 0.3) is 0 Å². The van der Waals surface area contributed by atoms with Gasteiger partial charge in [-0.15, -0.1) is 0 Å². The number of nitrogens with zero attached hydrogens (tertiary/aromatic N) is 2. The van der Waals surface area contributed by atoms with Crippen molar-refractivity contribution in [2.24, 2.45) is 0 Å². The van der Waals surface area contributed by atoms with Crippen molar-refractivity contribution in [1.82, 2.24) is 9.97 Å². The Bertz CT molecular complexity index is 470. The molecule has 1 aromatic rings. The normalized spacial score (nSPS) is 18.6. The third-order valence-electron chi connectivity index (χ3n) is 1.99. The molecule has 0 amide bonds. The van der Waals surface area contributed by atoms with Gasteiger partial charge in [0.05, 0.1) is 17.2 Å². The molecule has 4 nitrogen and oxygen atoms in total. The van der Waals surface area contributed by atoms with Gasteiger partial charge in [-0.3, -0.25) is 0 Å². The van der Waals surface area contributed by atoms with Crippen LogP contribution in [0.2, 0.25) is 0 Å². The van der Waals surface area contributed by atoms with E-state index in [0.717, 1.165) is 11.3 Å². The third kappa shape index (κ3) is 1.60. The highest BCUT2D eigenvalue weighted by Gasteiger charge is 2.28. The van der Waals surface area contributed by atoms with Crippen molar-refractivity contribution < 1.29 is 8.42 Å². The number of hydrogen-bond acceptors (Lipinski definition) is 4. The van der Waals surface area contributed by atoms with Crippen LogP contribution in [0.15, 0.2) is 4.73 Å². The molecule has 13 heavy (non-hydrogen) atoms. The number of aryl methyl sites for hydroxylation is 1. The minimum atomic E-state index is -2.97. The van der Waals surface area contributed by atoms with E-state index in [9.17, 15) is 8.42 Å². The topological polar surface area (TPSA) is 59.9 Å². The van der Waals surface area contributed by atoms with E-state index in [1.807, 2.05) is 0 Å². The Kier molecular flexibility index (Phi) is 1.92. The zero-order valence-corrected chi connectivity index (χ0v) is 9.31. The molecule has 0 aliphatic carbocycles. The number of hydrogen-bond donors (Lipinski definition) is 0. The molecule has 1 aliphatic rings. The molecule has 1 aromatic heterocycles. The molecule has 0 unspecified atom stereocenters. The largest absolute Gasteiger partial charge is 0.228 e. The molecule has 2 heterocycles. The zero-order valence-electron chi connectivity index (χ0n) is 6.91. The van der Waals surface area contributed by atoms with Crippen LogP contribution in [0.1, 0.15) is 17.0 Å². The Morgan fingerprint density at radius 2 is 2.00 bits per heavy atom. The second-order valence-corrected chi connectivity index (χ2v) is 5.81. The summed E-state index contributed by atoms with van der Waals surface area (Å²) >= 11 is 3.14. The summed E-state index contributed by atoms with van der Waals surface area (Å²) in [5.41, 5.74) is 2.15. The lowest BCUT2D eigenvalue weighted by Crippen LogP contribution is -1.96. The maximum Gasteiger partial charge on any atom is 0.197 e. The van der Waals surface area contributed by atoms with Crippen LogP contribution in [0.3, 0.4) is 0 Å². The van der Waals surface area contributed by atoms with Crippen LogP contribution >= 0.6 is 15.9 Å². The molecule has 0 bridgehead atoms. The molecule has 0 spiro atoms. The van der Waals surface area contributed by atoms with E-state index in [1.165, 1.54) is 0 Å². The number of sulfone groups is 1. The van der Waals surface area contributed by atoms with E-state index in [0.29, 0.717) is 10.4 Å². The molecule has 2 rings (SSSR count). The molecule has 0 aromatic carbocycles. The van der Waals surface area contributed by atoms with Gasteiger partial charge in [0.2, 0.25) is 0 Å². The van der Waals surface area contributed by atoms with Crippen molar-refractivity contribution in [1.29, 1.82) is 0 Å². The van der Waals surface area contributed by atoms with Crippen molar-refractivity contribution in [2.75, 3.05) is 0 Å². The molecule has 0 fully saturated rings. The van der Waals surface area contributed by atoms with Crippen molar-refractivity contribution in [3.05, 3.63) is 21.7 Å². The lowest BCUT2D eigenvalue weighted by Gasteiger charge is -1.99. The van der Waals surface area contributed by atoms with E-state index in [2.05, 4.69) is 25.9 Å². The van der Waals surface area contributed by atoms with Crippen LogP contribution < -0.4 is 0 Å². The first kappa shape index (κ1) is 9.08. The zero-order chi connectivity index (χ0) is 9.64. The first-order valence-corrected chi connectivity index (χ1v) is 6.32. The van der Waals surface area contributed by atoms with E-state index >= 15 is 0 Å². The van der Waals surface area contributed by atoms with Gasteiger partial charge in [-0.05, 0) is 22.9 Å². The average molecular weight is 263 g/mol. The Labute approximate surface area is 84.5 Å². The van der Waals surface area contributed by atoms with E-state index < -0.39 is 9.84 Å². The quantitative estimate of drug-likeness (QED) is 0.654. The minimum Gasteiger partial charge on any atom is -0.228 e. The van der Waals surface area contributed by atoms with Crippen molar-refractivity contribution in [2.45, 2.75) is 18.4 Å². The highest BCUT2D eigenvalue weighted by molar-refractivity contribution is 9.10. The number of fused-ring (bicyclic) bond motifs is 1. The lowest BCUT2D eigenvalue weighted by atomic mass is 10.2. The number of halogens is 1. The molecular weight excluding hydrogens is 256 g/mol. The Balaban J connectivity index is 2.64. The van der Waals surface area contributed by atoms with Gasteiger partial charge < -0.3 is 0 Å². The predicted octanol–water partition coefficient (Wildman–Crippen LogP) is 0.976. The van der Waals surface area contributed by atoms with Crippen LogP contribution in [0.5, 0.6) is 0 Å². The van der Waals surface area contributed by atoms with Crippen molar-refractivity contribution in [3.8, 4) is 0 Å². The monoisotopic (exact) mass is 262 g/mol. The van der Waals surface area contributed by atoms with Gasteiger partial charge in [0, 0.05) is 11.3 Å². The standard InChI is InChI=1S/C7H7BrN2O2S/c1-4-5-2-13(11,12)3-6(5)10-7(8)9-4/h2-3H2,1H3. The molecule has 0 N–H and O–H groups in total. The summed E-state index contributed by atoms with van der Waals surface area (Å²) in [5, 5.41) is 0. The second-order valence-electron chi connectivity index (χ2n) is 3.04. The Morgan fingerprint density at radius 3 is 2.69 bits per heavy atom. The summed E-state index contributed by atoms with van der Waals surface area (Å²) in [4.78, 5) is 8.09. The molecular formula is C7H7BrN2O2S. The summed E-state index contributed by atoms with van der Waals surface area (Å²) in [6, 6.07) is 0. The average Bonchev–Trinajstić information content (AvgIpc) is 2.23. The molecule has 6 heteroatoms. The fourth-order valence-electron chi connectivity index (χ4n) is 1.40. The summed E-state index contributed by atoms with van der Waals surface area (Å²) in [6.07, 6.45) is 0. The second kappa shape index (κ2) is 2.75. The third-order valence-corrected chi connectivity index (χ3v) is 3.79. The van der Waals surface area contributed by atoms with Gasteiger partial charge >= 0.3 is 0 Å². The van der Waals surface area contributed by atoms with Crippen LogP contribution in [0, 0.1) is 6.92 Å². The van der Waals surface area contributed by atoms with E-state index in [4.69, 9.17) is 0 Å². The molecule has 0 saturated carbocycles. The van der Waals surface area contributed by atoms with E-state index in [-0.39, 0.29) is 11.5 Å². The molecule has 0 radical (unpaired) electrons. The highest BCUT2D eigenvalue weighted by Crippen LogP contribution is 2.26. The lowest BCUT2D eigenvalue weighted by molar-refractivity contribution is 0.597. The van der Waals surface area contributed by atoms with Crippen molar-refractivity contribution in [3.63, 3.8) is 0 Å². The smallest absolute Gasteiger partial charge is 0.197 e. The maximum atomic E-state index is 11.3. The van der Waals surface area contributed by atoms with Gasteiger partial charge in [-0.25, -0.2) is 18.4 Å². The fourth-order valence-corrected chi connectivity index (χ4v) is 3.46. The van der Waals surface area contributed by atoms with Gasteiger partial charge in [-0.1, -0.05) is 0 Å². The highest BCUT2D eigenvalue weighted by atomic mass is 79.9. The van der Waals surface area contributed by atoms with Crippen molar-refractivity contribution >= 4 is 25.8 Å². The van der Waals surface area contributed by atoms with Crippen LogP contribution in [-0.4, -0.2) is 18.4 Å². The Morgan fingerprint density at radius 1 is 1.31 bits per heavy atom. The van der Waals surface area contributed by atoms with Gasteiger partial charge in [0.25, 0.3) is 0 Å². The summed E-state index contributed by atoms with van der Waals surface area (Å²) in [6.45, 7) is 1.80. The molecule has 1 aliphatic heterocycles. The minimum absolute atomic E-state index is 0.0459. The fraction of sp³-hybridized carbons (Fsp3) is 0.429. The van der Waals surface area contributed by atoms with Crippen LogP contribution in [0.4, 0.5) is 0 Å². The van der Waals surface area contributed by atoms with Gasteiger partial charge in [0.15, 0.2) is 14.6 Å². The van der Waals surface area contributed by atoms with E-state index in [1.54, 1.807) is 6.92 Å². The van der Waals surface area contributed by atoms with Gasteiger partial charge in [-0.2, -0.15) is 0 Å². The number of rotatable bonds is 0. The van der Waals surface area contributed by atoms with Gasteiger partial charge in [0.1, 0.15) is 0 Å². The summed E-state index contributed by atoms with van der Waals surface area (Å²) in [5.74, 6) is 0.131. The molecule has 0 atom stereocenters. The molecule has 70 valence electrons. The number of aromatic nitrogens is 2. The van der Waals surface area contributed by atoms with Crippen LogP contribution in [-0.2, 0) is 21.3 Å². The predicted molar refractivity (Wildman–Crippen MR) is 50.8 cm³/mol.